The lowest BCUT2D eigenvalue weighted by molar-refractivity contribution is -0.119. The molecule has 184 valence electrons. The molecular formula is C27H30ClN3O3S. The second kappa shape index (κ2) is 11.1. The van der Waals surface area contributed by atoms with Crippen molar-refractivity contribution in [1.82, 2.24) is 5.32 Å². The molecule has 0 aromatic heterocycles. The number of anilines is 2. The van der Waals surface area contributed by atoms with Crippen molar-refractivity contribution >= 4 is 38.9 Å². The van der Waals surface area contributed by atoms with Crippen molar-refractivity contribution in [2.24, 2.45) is 5.92 Å². The topological polar surface area (TPSA) is 69.7 Å². The van der Waals surface area contributed by atoms with Gasteiger partial charge in [0.05, 0.1) is 10.6 Å². The van der Waals surface area contributed by atoms with Gasteiger partial charge in [-0.2, -0.15) is 0 Å². The van der Waals surface area contributed by atoms with Crippen LogP contribution in [0, 0.1) is 5.92 Å². The zero-order valence-electron chi connectivity index (χ0n) is 19.7. The van der Waals surface area contributed by atoms with E-state index < -0.39 is 15.9 Å². The first-order valence-electron chi connectivity index (χ1n) is 11.8. The third-order valence-electron chi connectivity index (χ3n) is 6.16. The van der Waals surface area contributed by atoms with Gasteiger partial charge >= 0.3 is 0 Å². The molecule has 1 amide bonds. The number of nitrogens with zero attached hydrogens (tertiary/aromatic N) is 2. The summed E-state index contributed by atoms with van der Waals surface area (Å²) in [6.45, 7) is 4.35. The zero-order chi connectivity index (χ0) is 24.8. The lowest BCUT2D eigenvalue weighted by Gasteiger charge is -2.32. The van der Waals surface area contributed by atoms with Crippen LogP contribution in [0.1, 0.15) is 25.3 Å². The molecule has 1 heterocycles. The first kappa shape index (κ1) is 25.1. The highest BCUT2D eigenvalue weighted by molar-refractivity contribution is 7.92. The van der Waals surface area contributed by atoms with E-state index in [2.05, 4.69) is 29.3 Å². The summed E-state index contributed by atoms with van der Waals surface area (Å²) in [5.41, 5.74) is 2.47. The van der Waals surface area contributed by atoms with Crippen LogP contribution in [0.5, 0.6) is 0 Å². The number of piperidine rings is 1. The number of amides is 1. The lowest BCUT2D eigenvalue weighted by Crippen LogP contribution is -2.40. The Morgan fingerprint density at radius 2 is 1.80 bits per heavy atom. The number of rotatable bonds is 8. The quantitative estimate of drug-likeness (QED) is 0.457. The molecule has 0 bridgehead atoms. The van der Waals surface area contributed by atoms with Gasteiger partial charge < -0.3 is 10.2 Å². The Hall–Kier alpha value is -3.03. The number of halogens is 1. The minimum atomic E-state index is -3.96. The molecule has 1 N–H and O–H groups in total. The molecule has 1 aliphatic heterocycles. The van der Waals surface area contributed by atoms with Crippen LogP contribution in [-0.4, -0.2) is 34.0 Å². The SMILES string of the molecule is CC1CCCN(c2ccc(CNC(=O)CN(c3cccc(Cl)c3)S(=O)(=O)c3ccccc3)cc2)C1. The van der Waals surface area contributed by atoms with Crippen molar-refractivity contribution in [3.63, 3.8) is 0 Å². The number of hydrogen-bond donors (Lipinski definition) is 1. The molecule has 1 unspecified atom stereocenters. The predicted molar refractivity (Wildman–Crippen MR) is 141 cm³/mol. The molecule has 6 nitrogen and oxygen atoms in total. The van der Waals surface area contributed by atoms with Crippen molar-refractivity contribution in [1.29, 1.82) is 0 Å². The fourth-order valence-electron chi connectivity index (χ4n) is 4.30. The van der Waals surface area contributed by atoms with Gasteiger partial charge in [0.25, 0.3) is 10.0 Å². The smallest absolute Gasteiger partial charge is 0.264 e. The van der Waals surface area contributed by atoms with Crippen LogP contribution in [-0.2, 0) is 21.4 Å². The van der Waals surface area contributed by atoms with Crippen molar-refractivity contribution in [3.8, 4) is 0 Å². The molecule has 8 heteroatoms. The van der Waals surface area contributed by atoms with Crippen LogP contribution in [0.15, 0.2) is 83.8 Å². The van der Waals surface area contributed by atoms with Gasteiger partial charge in [-0.15, -0.1) is 0 Å². The van der Waals surface area contributed by atoms with Crippen molar-refractivity contribution in [2.75, 3.05) is 28.8 Å². The Morgan fingerprint density at radius 3 is 2.49 bits per heavy atom. The predicted octanol–water partition coefficient (Wildman–Crippen LogP) is 5.09. The highest BCUT2D eigenvalue weighted by Gasteiger charge is 2.27. The molecular weight excluding hydrogens is 482 g/mol. The second-order valence-electron chi connectivity index (χ2n) is 8.94. The van der Waals surface area contributed by atoms with Gasteiger partial charge in [0.1, 0.15) is 6.54 Å². The fraction of sp³-hybridized carbons (Fsp3) is 0.296. The van der Waals surface area contributed by atoms with E-state index in [1.54, 1.807) is 36.4 Å². The normalized spacial score (nSPS) is 16.1. The summed E-state index contributed by atoms with van der Waals surface area (Å²) in [7, 11) is -3.96. The number of carbonyl (C=O) groups excluding carboxylic acids is 1. The molecule has 0 spiro atoms. The molecule has 1 atom stereocenters. The van der Waals surface area contributed by atoms with Gasteiger partial charge in [-0.1, -0.05) is 54.9 Å². The number of benzene rings is 3. The first-order valence-corrected chi connectivity index (χ1v) is 13.6. The number of nitrogens with one attached hydrogen (secondary N) is 1. The standard InChI is InChI=1S/C27H30ClN3O3S/c1-21-7-6-16-30(19-21)24-14-12-22(13-15-24)18-29-27(32)20-31(25-9-5-8-23(28)17-25)35(33,34)26-10-3-2-4-11-26/h2-5,8-15,17,21H,6-7,16,18-20H2,1H3,(H,29,32). The number of sulfonamides is 1. The van der Waals surface area contributed by atoms with E-state index in [0.717, 1.165) is 23.0 Å². The highest BCUT2D eigenvalue weighted by Crippen LogP contribution is 2.26. The van der Waals surface area contributed by atoms with Crippen molar-refractivity contribution in [2.45, 2.75) is 31.2 Å². The average Bonchev–Trinajstić information content (AvgIpc) is 2.87. The largest absolute Gasteiger partial charge is 0.371 e. The van der Waals surface area contributed by atoms with E-state index in [4.69, 9.17) is 11.6 Å². The monoisotopic (exact) mass is 511 g/mol. The Morgan fingerprint density at radius 1 is 1.06 bits per heavy atom. The van der Waals surface area contributed by atoms with Gasteiger partial charge in [-0.3, -0.25) is 9.10 Å². The summed E-state index contributed by atoms with van der Waals surface area (Å²) in [5.74, 6) is 0.288. The molecule has 0 radical (unpaired) electrons. The summed E-state index contributed by atoms with van der Waals surface area (Å²) >= 11 is 6.11. The fourth-order valence-corrected chi connectivity index (χ4v) is 5.92. The van der Waals surface area contributed by atoms with Gasteiger partial charge in [-0.25, -0.2) is 8.42 Å². The summed E-state index contributed by atoms with van der Waals surface area (Å²) in [6.07, 6.45) is 2.47. The number of hydrogen-bond acceptors (Lipinski definition) is 4. The molecule has 3 aromatic rings. The lowest BCUT2D eigenvalue weighted by atomic mass is 9.99. The first-order chi connectivity index (χ1) is 16.8. The van der Waals surface area contributed by atoms with Crippen LogP contribution in [0.4, 0.5) is 11.4 Å². The maximum Gasteiger partial charge on any atom is 0.264 e. The Balaban J connectivity index is 1.45. The molecule has 1 aliphatic rings. The molecule has 3 aromatic carbocycles. The third-order valence-corrected chi connectivity index (χ3v) is 8.19. The van der Waals surface area contributed by atoms with Gasteiger partial charge in [-0.05, 0) is 66.8 Å². The van der Waals surface area contributed by atoms with E-state index in [9.17, 15) is 13.2 Å². The third kappa shape index (κ3) is 6.35. The molecule has 0 saturated carbocycles. The molecule has 1 fully saturated rings. The van der Waals surface area contributed by atoms with E-state index in [1.807, 2.05) is 12.1 Å². The van der Waals surface area contributed by atoms with Gasteiger partial charge in [0, 0.05) is 30.3 Å². The summed E-state index contributed by atoms with van der Waals surface area (Å²) in [4.78, 5) is 15.4. The number of carbonyl (C=O) groups is 1. The Bertz CT molecular complexity index is 1250. The second-order valence-corrected chi connectivity index (χ2v) is 11.2. The van der Waals surface area contributed by atoms with Crippen LogP contribution >= 0.6 is 11.6 Å². The van der Waals surface area contributed by atoms with Crippen LogP contribution in [0.3, 0.4) is 0 Å². The Labute approximate surface area is 212 Å². The molecule has 35 heavy (non-hydrogen) atoms. The van der Waals surface area contributed by atoms with E-state index >= 15 is 0 Å². The van der Waals surface area contributed by atoms with Crippen LogP contribution in [0.2, 0.25) is 5.02 Å². The maximum atomic E-state index is 13.4. The highest BCUT2D eigenvalue weighted by atomic mass is 35.5. The minimum absolute atomic E-state index is 0.107. The minimum Gasteiger partial charge on any atom is -0.371 e. The van der Waals surface area contributed by atoms with Crippen LogP contribution in [0.25, 0.3) is 0 Å². The average molecular weight is 512 g/mol. The maximum absolute atomic E-state index is 13.4. The Kier molecular flexibility index (Phi) is 7.98. The molecule has 4 rings (SSSR count). The zero-order valence-corrected chi connectivity index (χ0v) is 21.3. The van der Waals surface area contributed by atoms with E-state index in [0.29, 0.717) is 23.2 Å². The summed E-state index contributed by atoms with van der Waals surface area (Å²) in [5, 5.41) is 3.24. The van der Waals surface area contributed by atoms with Crippen molar-refractivity contribution < 1.29 is 13.2 Å². The van der Waals surface area contributed by atoms with Gasteiger partial charge in [0.2, 0.25) is 5.91 Å². The molecule has 0 aliphatic carbocycles. The van der Waals surface area contributed by atoms with E-state index in [1.165, 1.54) is 36.7 Å². The van der Waals surface area contributed by atoms with Crippen LogP contribution < -0.4 is 14.5 Å². The summed E-state index contributed by atoms with van der Waals surface area (Å²) < 4.78 is 27.8. The summed E-state index contributed by atoms with van der Waals surface area (Å²) in [6, 6.07) is 22.7. The van der Waals surface area contributed by atoms with Crippen molar-refractivity contribution in [3.05, 3.63) is 89.4 Å². The molecule has 1 saturated heterocycles. The van der Waals surface area contributed by atoms with E-state index in [-0.39, 0.29) is 11.4 Å². The van der Waals surface area contributed by atoms with Gasteiger partial charge in [0.15, 0.2) is 0 Å².